The van der Waals surface area contributed by atoms with E-state index in [1.54, 1.807) is 12.3 Å². The van der Waals surface area contributed by atoms with Crippen LogP contribution in [0.25, 0.3) is 0 Å². The number of aliphatic hydroxyl groups is 1. The van der Waals surface area contributed by atoms with Crippen molar-refractivity contribution in [2.75, 3.05) is 20.2 Å². The number of likely N-dealkylation sites (N-methyl/N-ethyl adjacent to an activating group) is 1. The SMILES string of the molecule is CN(CCOc1ncccc1CO)C1CC1. The first kappa shape index (κ1) is 11.4. The molecule has 1 N–H and O–H groups in total. The lowest BCUT2D eigenvalue weighted by atomic mass is 10.3. The number of hydrogen-bond donors (Lipinski definition) is 1. The van der Waals surface area contributed by atoms with E-state index in [1.165, 1.54) is 12.8 Å². The molecule has 1 fully saturated rings. The van der Waals surface area contributed by atoms with Gasteiger partial charge in [0.05, 0.1) is 6.61 Å². The second-order valence-corrected chi connectivity index (χ2v) is 4.19. The number of nitrogens with zero attached hydrogens (tertiary/aromatic N) is 2. The summed E-state index contributed by atoms with van der Waals surface area (Å²) < 4.78 is 5.56. The molecule has 1 aliphatic carbocycles. The predicted molar refractivity (Wildman–Crippen MR) is 61.3 cm³/mol. The normalized spacial score (nSPS) is 15.4. The standard InChI is InChI=1S/C12H18N2O2/c1-14(11-4-5-11)7-8-16-12-10(9-15)3-2-6-13-12/h2-3,6,11,15H,4-5,7-9H2,1H3. The summed E-state index contributed by atoms with van der Waals surface area (Å²) in [7, 11) is 2.12. The molecule has 0 aliphatic heterocycles. The van der Waals surface area contributed by atoms with Crippen molar-refractivity contribution < 1.29 is 9.84 Å². The van der Waals surface area contributed by atoms with Gasteiger partial charge in [-0.25, -0.2) is 4.98 Å². The Labute approximate surface area is 95.9 Å². The molecule has 1 saturated carbocycles. The van der Waals surface area contributed by atoms with Crippen LogP contribution in [0.4, 0.5) is 0 Å². The van der Waals surface area contributed by atoms with Crippen LogP contribution in [0.15, 0.2) is 18.3 Å². The van der Waals surface area contributed by atoms with E-state index in [4.69, 9.17) is 9.84 Å². The van der Waals surface area contributed by atoms with E-state index in [-0.39, 0.29) is 6.61 Å². The molecule has 4 heteroatoms. The molecule has 0 bridgehead atoms. The van der Waals surface area contributed by atoms with Crippen molar-refractivity contribution in [3.63, 3.8) is 0 Å². The van der Waals surface area contributed by atoms with Crippen LogP contribution in [-0.4, -0.2) is 41.2 Å². The zero-order chi connectivity index (χ0) is 11.4. The maximum atomic E-state index is 9.09. The molecular weight excluding hydrogens is 204 g/mol. The lowest BCUT2D eigenvalue weighted by Crippen LogP contribution is -2.26. The summed E-state index contributed by atoms with van der Waals surface area (Å²) in [6.07, 6.45) is 4.29. The van der Waals surface area contributed by atoms with Crippen LogP contribution in [-0.2, 0) is 6.61 Å². The van der Waals surface area contributed by atoms with Crippen molar-refractivity contribution in [2.24, 2.45) is 0 Å². The number of aromatic nitrogens is 1. The van der Waals surface area contributed by atoms with Crippen molar-refractivity contribution in [1.82, 2.24) is 9.88 Å². The third kappa shape index (κ3) is 2.93. The summed E-state index contributed by atoms with van der Waals surface area (Å²) in [5.41, 5.74) is 0.747. The van der Waals surface area contributed by atoms with Gasteiger partial charge in [0.25, 0.3) is 0 Å². The zero-order valence-corrected chi connectivity index (χ0v) is 9.59. The fourth-order valence-corrected chi connectivity index (χ4v) is 1.66. The second kappa shape index (κ2) is 5.27. The first-order valence-corrected chi connectivity index (χ1v) is 5.69. The molecule has 88 valence electrons. The molecule has 0 radical (unpaired) electrons. The molecule has 16 heavy (non-hydrogen) atoms. The highest BCUT2D eigenvalue weighted by Gasteiger charge is 2.25. The first-order valence-electron chi connectivity index (χ1n) is 5.69. The molecule has 4 nitrogen and oxygen atoms in total. The smallest absolute Gasteiger partial charge is 0.218 e. The summed E-state index contributed by atoms with van der Waals surface area (Å²) in [4.78, 5) is 6.41. The van der Waals surface area contributed by atoms with Crippen LogP contribution in [0.5, 0.6) is 5.88 Å². The average molecular weight is 222 g/mol. The van der Waals surface area contributed by atoms with Crippen LogP contribution in [0.3, 0.4) is 0 Å². The summed E-state index contributed by atoms with van der Waals surface area (Å²) in [5, 5.41) is 9.09. The summed E-state index contributed by atoms with van der Waals surface area (Å²) in [6, 6.07) is 4.38. The van der Waals surface area contributed by atoms with Crippen LogP contribution >= 0.6 is 0 Å². The van der Waals surface area contributed by atoms with Gasteiger partial charge >= 0.3 is 0 Å². The van der Waals surface area contributed by atoms with Crippen LogP contribution in [0.2, 0.25) is 0 Å². The van der Waals surface area contributed by atoms with E-state index in [2.05, 4.69) is 16.9 Å². The Kier molecular flexibility index (Phi) is 3.74. The van der Waals surface area contributed by atoms with Crippen molar-refractivity contribution >= 4 is 0 Å². The van der Waals surface area contributed by atoms with Crippen molar-refractivity contribution in [3.8, 4) is 5.88 Å². The molecule has 0 amide bonds. The van der Waals surface area contributed by atoms with Gasteiger partial charge in [-0.2, -0.15) is 0 Å². The molecule has 0 unspecified atom stereocenters. The van der Waals surface area contributed by atoms with Gasteiger partial charge in [-0.3, -0.25) is 0 Å². The van der Waals surface area contributed by atoms with E-state index in [1.807, 2.05) is 6.07 Å². The quantitative estimate of drug-likeness (QED) is 0.781. The second-order valence-electron chi connectivity index (χ2n) is 4.19. The highest BCUT2D eigenvalue weighted by Crippen LogP contribution is 2.24. The molecule has 1 aromatic heterocycles. The predicted octanol–water partition coefficient (Wildman–Crippen LogP) is 1.05. The largest absolute Gasteiger partial charge is 0.476 e. The molecule has 1 aromatic rings. The molecule has 0 saturated heterocycles. The van der Waals surface area contributed by atoms with E-state index >= 15 is 0 Å². The Bertz CT molecular complexity index is 340. The number of hydrogen-bond acceptors (Lipinski definition) is 4. The van der Waals surface area contributed by atoms with E-state index in [0.29, 0.717) is 12.5 Å². The molecule has 0 aromatic carbocycles. The van der Waals surface area contributed by atoms with Gasteiger partial charge in [-0.1, -0.05) is 0 Å². The minimum atomic E-state index is -0.0262. The minimum Gasteiger partial charge on any atom is -0.476 e. The third-order valence-electron chi connectivity index (χ3n) is 2.87. The van der Waals surface area contributed by atoms with Gasteiger partial charge in [-0.05, 0) is 32.0 Å². The number of pyridine rings is 1. The summed E-state index contributed by atoms with van der Waals surface area (Å²) >= 11 is 0. The van der Waals surface area contributed by atoms with E-state index in [0.717, 1.165) is 18.2 Å². The summed E-state index contributed by atoms with van der Waals surface area (Å²) in [6.45, 7) is 1.50. The summed E-state index contributed by atoms with van der Waals surface area (Å²) in [5.74, 6) is 0.550. The molecule has 2 rings (SSSR count). The lowest BCUT2D eigenvalue weighted by molar-refractivity contribution is 0.217. The molecule has 1 heterocycles. The topological polar surface area (TPSA) is 45.6 Å². The van der Waals surface area contributed by atoms with Gasteiger partial charge in [0.15, 0.2) is 0 Å². The Morgan fingerprint density at radius 3 is 3.06 bits per heavy atom. The third-order valence-corrected chi connectivity index (χ3v) is 2.87. The van der Waals surface area contributed by atoms with E-state index < -0.39 is 0 Å². The highest BCUT2D eigenvalue weighted by molar-refractivity contribution is 5.24. The van der Waals surface area contributed by atoms with Crippen LogP contribution < -0.4 is 4.74 Å². The van der Waals surface area contributed by atoms with Gasteiger partial charge in [-0.15, -0.1) is 0 Å². The van der Waals surface area contributed by atoms with E-state index in [9.17, 15) is 0 Å². The van der Waals surface area contributed by atoms with Crippen LogP contribution in [0.1, 0.15) is 18.4 Å². The minimum absolute atomic E-state index is 0.0262. The molecule has 0 spiro atoms. The molecular formula is C12H18N2O2. The van der Waals surface area contributed by atoms with Gasteiger partial charge in [0.1, 0.15) is 6.61 Å². The van der Waals surface area contributed by atoms with Gasteiger partial charge < -0.3 is 14.7 Å². The Morgan fingerprint density at radius 2 is 2.38 bits per heavy atom. The maximum absolute atomic E-state index is 9.09. The lowest BCUT2D eigenvalue weighted by Gasteiger charge is -2.16. The molecule has 0 atom stereocenters. The average Bonchev–Trinajstić information content (AvgIpc) is 3.13. The number of ether oxygens (including phenoxy) is 1. The van der Waals surface area contributed by atoms with Crippen LogP contribution in [0, 0.1) is 0 Å². The highest BCUT2D eigenvalue weighted by atomic mass is 16.5. The number of rotatable bonds is 6. The van der Waals surface area contributed by atoms with Crippen molar-refractivity contribution in [3.05, 3.63) is 23.9 Å². The van der Waals surface area contributed by atoms with Gasteiger partial charge in [0.2, 0.25) is 5.88 Å². The zero-order valence-electron chi connectivity index (χ0n) is 9.59. The Morgan fingerprint density at radius 1 is 1.56 bits per heavy atom. The van der Waals surface area contributed by atoms with Crippen molar-refractivity contribution in [2.45, 2.75) is 25.5 Å². The monoisotopic (exact) mass is 222 g/mol. The Balaban J connectivity index is 1.79. The molecule has 1 aliphatic rings. The first-order chi connectivity index (χ1) is 7.81. The fraction of sp³-hybridized carbons (Fsp3) is 0.583. The maximum Gasteiger partial charge on any atom is 0.218 e. The van der Waals surface area contributed by atoms with Gasteiger partial charge in [0, 0.05) is 24.3 Å². The number of aliphatic hydroxyl groups excluding tert-OH is 1. The fourth-order valence-electron chi connectivity index (χ4n) is 1.66. The Hall–Kier alpha value is -1.13. The van der Waals surface area contributed by atoms with Crippen molar-refractivity contribution in [1.29, 1.82) is 0 Å².